The number of benzene rings is 1. The molecule has 1 amide bonds. The second-order valence-electron chi connectivity index (χ2n) is 3.62. The summed E-state index contributed by atoms with van der Waals surface area (Å²) in [5.41, 5.74) is 0.942. The molecule has 0 aliphatic heterocycles. The van der Waals surface area contributed by atoms with Gasteiger partial charge in [0.05, 0.1) is 4.92 Å². The van der Waals surface area contributed by atoms with Crippen LogP contribution in [0.15, 0.2) is 18.2 Å². The van der Waals surface area contributed by atoms with E-state index in [0.717, 1.165) is 0 Å². The molecular formula is C11H16ClN3O3. The van der Waals surface area contributed by atoms with E-state index in [0.29, 0.717) is 24.2 Å². The van der Waals surface area contributed by atoms with Crippen LogP contribution < -0.4 is 10.6 Å². The Balaban J connectivity index is 0.00000289. The summed E-state index contributed by atoms with van der Waals surface area (Å²) in [6.45, 7) is 2.81. The van der Waals surface area contributed by atoms with E-state index >= 15 is 0 Å². The Bertz CT molecular complexity index is 438. The summed E-state index contributed by atoms with van der Waals surface area (Å²) in [6.07, 6.45) is 0. The van der Waals surface area contributed by atoms with Gasteiger partial charge >= 0.3 is 0 Å². The van der Waals surface area contributed by atoms with Gasteiger partial charge in [0, 0.05) is 30.3 Å². The van der Waals surface area contributed by atoms with Crippen molar-refractivity contribution in [3.05, 3.63) is 39.4 Å². The van der Waals surface area contributed by atoms with Gasteiger partial charge in [-0.3, -0.25) is 14.9 Å². The van der Waals surface area contributed by atoms with Crippen molar-refractivity contribution in [1.82, 2.24) is 10.6 Å². The highest BCUT2D eigenvalue weighted by Gasteiger charge is 2.13. The maximum absolute atomic E-state index is 11.6. The monoisotopic (exact) mass is 273 g/mol. The van der Waals surface area contributed by atoms with E-state index in [2.05, 4.69) is 10.6 Å². The van der Waals surface area contributed by atoms with E-state index in [1.807, 2.05) is 0 Å². The number of halogens is 1. The normalized spacial score (nSPS) is 9.44. The number of aryl methyl sites for hydroxylation is 1. The van der Waals surface area contributed by atoms with E-state index < -0.39 is 4.92 Å². The minimum absolute atomic E-state index is 0. The molecule has 0 fully saturated rings. The number of carbonyl (C=O) groups excluding carboxylic acids is 1. The Morgan fingerprint density at radius 2 is 2.06 bits per heavy atom. The summed E-state index contributed by atoms with van der Waals surface area (Å²) in [4.78, 5) is 21.8. The third-order valence-electron chi connectivity index (χ3n) is 2.32. The third kappa shape index (κ3) is 4.31. The summed E-state index contributed by atoms with van der Waals surface area (Å²) in [6, 6.07) is 4.33. The van der Waals surface area contributed by atoms with E-state index in [4.69, 9.17) is 0 Å². The van der Waals surface area contributed by atoms with Crippen LogP contribution in [0.3, 0.4) is 0 Å². The van der Waals surface area contributed by atoms with Crippen molar-refractivity contribution in [2.75, 3.05) is 20.1 Å². The summed E-state index contributed by atoms with van der Waals surface area (Å²) in [5.74, 6) is -0.224. The minimum atomic E-state index is -0.460. The van der Waals surface area contributed by atoms with E-state index in [1.165, 1.54) is 18.2 Å². The Morgan fingerprint density at radius 1 is 1.39 bits per heavy atom. The summed E-state index contributed by atoms with van der Waals surface area (Å²) in [7, 11) is 1.79. The molecule has 0 bridgehead atoms. The van der Waals surface area contributed by atoms with Crippen LogP contribution in [-0.2, 0) is 0 Å². The molecule has 0 heterocycles. The van der Waals surface area contributed by atoms with Crippen molar-refractivity contribution in [2.24, 2.45) is 0 Å². The molecule has 1 aromatic carbocycles. The molecule has 0 saturated heterocycles. The Morgan fingerprint density at radius 3 is 2.56 bits per heavy atom. The highest BCUT2D eigenvalue weighted by atomic mass is 35.5. The fourth-order valence-electron chi connectivity index (χ4n) is 1.40. The molecule has 100 valence electrons. The van der Waals surface area contributed by atoms with E-state index in [9.17, 15) is 14.9 Å². The van der Waals surface area contributed by atoms with Crippen molar-refractivity contribution in [3.8, 4) is 0 Å². The first-order valence-corrected chi connectivity index (χ1v) is 5.24. The number of hydrogen-bond donors (Lipinski definition) is 2. The topological polar surface area (TPSA) is 84.3 Å². The van der Waals surface area contributed by atoms with Crippen molar-refractivity contribution < 1.29 is 9.72 Å². The molecule has 7 heteroatoms. The van der Waals surface area contributed by atoms with Crippen LogP contribution in [0.2, 0.25) is 0 Å². The molecular weight excluding hydrogens is 258 g/mol. The van der Waals surface area contributed by atoms with Gasteiger partial charge in [-0.15, -0.1) is 12.4 Å². The number of likely N-dealkylation sites (N-methyl/N-ethyl adjacent to an activating group) is 1. The van der Waals surface area contributed by atoms with Gasteiger partial charge in [-0.05, 0) is 26.1 Å². The molecule has 6 nitrogen and oxygen atoms in total. The van der Waals surface area contributed by atoms with Crippen molar-refractivity contribution >= 4 is 24.0 Å². The molecule has 2 N–H and O–H groups in total. The van der Waals surface area contributed by atoms with Crippen LogP contribution in [0.25, 0.3) is 0 Å². The second-order valence-corrected chi connectivity index (χ2v) is 3.62. The number of amides is 1. The van der Waals surface area contributed by atoms with Crippen LogP contribution in [-0.4, -0.2) is 31.0 Å². The molecule has 1 rings (SSSR count). The predicted octanol–water partition coefficient (Wildman–Crippen LogP) is 1.27. The number of nitrogens with zero attached hydrogens (tertiary/aromatic N) is 1. The first-order chi connectivity index (χ1) is 8.06. The number of rotatable bonds is 5. The minimum Gasteiger partial charge on any atom is -0.351 e. The van der Waals surface area contributed by atoms with Gasteiger partial charge in [0.15, 0.2) is 0 Å². The summed E-state index contributed by atoms with van der Waals surface area (Å²) >= 11 is 0. The molecule has 0 atom stereocenters. The lowest BCUT2D eigenvalue weighted by Gasteiger charge is -2.05. The standard InChI is InChI=1S/C11H15N3O3.ClH/c1-8-7-9(3-4-10(8)14(16)17)11(15)13-6-5-12-2;/h3-4,7,12H,5-6H2,1-2H3,(H,13,15);1H. The largest absolute Gasteiger partial charge is 0.351 e. The number of carbonyl (C=O) groups is 1. The van der Waals surface area contributed by atoms with Crippen molar-refractivity contribution in [2.45, 2.75) is 6.92 Å². The Hall–Kier alpha value is -1.66. The van der Waals surface area contributed by atoms with Crippen LogP contribution in [0.1, 0.15) is 15.9 Å². The van der Waals surface area contributed by atoms with Gasteiger partial charge in [-0.25, -0.2) is 0 Å². The highest BCUT2D eigenvalue weighted by Crippen LogP contribution is 2.18. The van der Waals surface area contributed by atoms with Crippen LogP contribution >= 0.6 is 12.4 Å². The van der Waals surface area contributed by atoms with Gasteiger partial charge in [-0.2, -0.15) is 0 Å². The van der Waals surface area contributed by atoms with Gasteiger partial charge in [-0.1, -0.05) is 0 Å². The van der Waals surface area contributed by atoms with Crippen LogP contribution in [0, 0.1) is 17.0 Å². The second kappa shape index (κ2) is 7.62. The van der Waals surface area contributed by atoms with Crippen molar-refractivity contribution in [1.29, 1.82) is 0 Å². The zero-order chi connectivity index (χ0) is 12.8. The fourth-order valence-corrected chi connectivity index (χ4v) is 1.40. The molecule has 0 aliphatic carbocycles. The predicted molar refractivity (Wildman–Crippen MR) is 71.3 cm³/mol. The first kappa shape index (κ1) is 16.3. The molecule has 0 aromatic heterocycles. The lowest BCUT2D eigenvalue weighted by Crippen LogP contribution is -2.30. The third-order valence-corrected chi connectivity index (χ3v) is 2.32. The Labute approximate surface area is 111 Å². The van der Waals surface area contributed by atoms with E-state index in [1.54, 1.807) is 14.0 Å². The number of nitrogens with one attached hydrogen (secondary N) is 2. The lowest BCUT2D eigenvalue weighted by molar-refractivity contribution is -0.385. The van der Waals surface area contributed by atoms with Gasteiger partial charge < -0.3 is 10.6 Å². The molecule has 0 radical (unpaired) electrons. The highest BCUT2D eigenvalue weighted by molar-refractivity contribution is 5.94. The zero-order valence-corrected chi connectivity index (χ0v) is 11.0. The smallest absolute Gasteiger partial charge is 0.272 e. The maximum atomic E-state index is 11.6. The first-order valence-electron chi connectivity index (χ1n) is 5.24. The fraction of sp³-hybridized carbons (Fsp3) is 0.364. The maximum Gasteiger partial charge on any atom is 0.272 e. The Kier molecular flexibility index (Phi) is 6.92. The van der Waals surface area contributed by atoms with Gasteiger partial charge in [0.1, 0.15) is 0 Å². The molecule has 1 aromatic rings. The molecule has 0 spiro atoms. The molecule has 0 saturated carbocycles. The average molecular weight is 274 g/mol. The van der Waals surface area contributed by atoms with Crippen LogP contribution in [0.4, 0.5) is 5.69 Å². The average Bonchev–Trinajstić information content (AvgIpc) is 2.28. The summed E-state index contributed by atoms with van der Waals surface area (Å²) < 4.78 is 0. The molecule has 18 heavy (non-hydrogen) atoms. The molecule has 0 unspecified atom stereocenters. The quantitative estimate of drug-likeness (QED) is 0.481. The van der Waals surface area contributed by atoms with Crippen molar-refractivity contribution in [3.63, 3.8) is 0 Å². The number of hydrogen-bond acceptors (Lipinski definition) is 4. The lowest BCUT2D eigenvalue weighted by atomic mass is 10.1. The molecule has 0 aliphatic rings. The van der Waals surface area contributed by atoms with Gasteiger partial charge in [0.25, 0.3) is 11.6 Å². The van der Waals surface area contributed by atoms with Gasteiger partial charge in [0.2, 0.25) is 0 Å². The number of nitro benzene ring substituents is 1. The summed E-state index contributed by atoms with van der Waals surface area (Å²) in [5, 5.41) is 16.2. The van der Waals surface area contributed by atoms with Crippen LogP contribution in [0.5, 0.6) is 0 Å². The zero-order valence-electron chi connectivity index (χ0n) is 10.2. The number of nitro groups is 1. The van der Waals surface area contributed by atoms with E-state index in [-0.39, 0.29) is 24.0 Å². The SMILES string of the molecule is CNCCNC(=O)c1ccc([N+](=O)[O-])c(C)c1.Cl.